The summed E-state index contributed by atoms with van der Waals surface area (Å²) in [6, 6.07) is 8.89. The first kappa shape index (κ1) is 25.3. The van der Waals surface area contributed by atoms with Gasteiger partial charge in [0, 0.05) is 25.7 Å². The van der Waals surface area contributed by atoms with Crippen LogP contribution in [-0.2, 0) is 22.4 Å². The standard InChI is InChI=1S/C26H31N5O5/c1-3-4-10-27-28-15-20-6-5-7-24(29-20)30-25(32)22-13-19-16-31(11-8-18(19)14-23(22)34-2)26(33)36-21-9-12-35-17-21/h5-7,10,13-15,21H,3-4,8-9,11-12,16-17H2,1-2H3,(H,29,30,32)/b27-10+,28-15+. The van der Waals surface area contributed by atoms with Crippen LogP contribution < -0.4 is 10.1 Å². The lowest BCUT2D eigenvalue weighted by Crippen LogP contribution is -2.38. The fraction of sp³-hybridized carbons (Fsp3) is 0.423. The van der Waals surface area contributed by atoms with Crippen LogP contribution in [0.5, 0.6) is 5.75 Å². The SMILES string of the molecule is CCC/C=N/N=C/c1cccc(NC(=O)c2cc3c(cc2OC)CCN(C(=O)OC2CCOC2)C3)n1. The van der Waals surface area contributed by atoms with Crippen LogP contribution in [0.25, 0.3) is 0 Å². The zero-order valence-electron chi connectivity index (χ0n) is 20.6. The van der Waals surface area contributed by atoms with E-state index in [9.17, 15) is 9.59 Å². The van der Waals surface area contributed by atoms with Gasteiger partial charge in [0.2, 0.25) is 0 Å². The molecule has 2 aliphatic rings. The molecule has 1 N–H and O–H groups in total. The van der Waals surface area contributed by atoms with Crippen molar-refractivity contribution in [2.45, 2.75) is 45.3 Å². The number of benzene rings is 1. The molecule has 0 saturated carbocycles. The maximum Gasteiger partial charge on any atom is 0.410 e. The van der Waals surface area contributed by atoms with Gasteiger partial charge in [0.1, 0.15) is 17.7 Å². The second-order valence-corrected chi connectivity index (χ2v) is 8.60. The number of ether oxygens (including phenoxy) is 3. The summed E-state index contributed by atoms with van der Waals surface area (Å²) in [5.74, 6) is 0.485. The number of methoxy groups -OCH3 is 1. The number of hydrogen-bond acceptors (Lipinski definition) is 8. The van der Waals surface area contributed by atoms with Gasteiger partial charge in [-0.2, -0.15) is 10.2 Å². The molecule has 1 saturated heterocycles. The van der Waals surface area contributed by atoms with Gasteiger partial charge in [0.15, 0.2) is 0 Å². The smallest absolute Gasteiger partial charge is 0.410 e. The lowest BCUT2D eigenvalue weighted by molar-refractivity contribution is 0.0516. The zero-order valence-corrected chi connectivity index (χ0v) is 20.6. The van der Waals surface area contributed by atoms with Crippen LogP contribution in [0.4, 0.5) is 10.6 Å². The number of pyridine rings is 1. The summed E-state index contributed by atoms with van der Waals surface area (Å²) in [7, 11) is 1.53. The van der Waals surface area contributed by atoms with Crippen molar-refractivity contribution in [3.8, 4) is 5.75 Å². The Morgan fingerprint density at radius 2 is 2.17 bits per heavy atom. The first-order valence-corrected chi connectivity index (χ1v) is 12.1. The fourth-order valence-corrected chi connectivity index (χ4v) is 4.01. The number of carbonyl (C=O) groups is 2. The number of aromatic nitrogens is 1. The van der Waals surface area contributed by atoms with Crippen molar-refractivity contribution < 1.29 is 23.8 Å². The fourth-order valence-electron chi connectivity index (χ4n) is 4.01. The van der Waals surface area contributed by atoms with E-state index in [0.29, 0.717) is 62.0 Å². The Balaban J connectivity index is 1.46. The van der Waals surface area contributed by atoms with Gasteiger partial charge in [0.05, 0.1) is 37.8 Å². The molecule has 0 radical (unpaired) electrons. The molecule has 2 amide bonds. The Kier molecular flexibility index (Phi) is 8.62. The van der Waals surface area contributed by atoms with Crippen LogP contribution in [0.2, 0.25) is 0 Å². The molecule has 36 heavy (non-hydrogen) atoms. The first-order valence-electron chi connectivity index (χ1n) is 12.1. The Bertz CT molecular complexity index is 1140. The van der Waals surface area contributed by atoms with Crippen molar-refractivity contribution in [3.63, 3.8) is 0 Å². The summed E-state index contributed by atoms with van der Waals surface area (Å²) < 4.78 is 16.3. The van der Waals surface area contributed by atoms with E-state index in [0.717, 1.165) is 24.0 Å². The average Bonchev–Trinajstić information content (AvgIpc) is 3.40. The van der Waals surface area contributed by atoms with E-state index in [1.165, 1.54) is 13.3 Å². The van der Waals surface area contributed by atoms with Crippen LogP contribution in [0.3, 0.4) is 0 Å². The third-order valence-electron chi connectivity index (χ3n) is 5.96. The van der Waals surface area contributed by atoms with Crippen molar-refractivity contribution in [2.24, 2.45) is 10.2 Å². The summed E-state index contributed by atoms with van der Waals surface area (Å²) in [6.45, 7) is 4.00. The van der Waals surface area contributed by atoms with Crippen molar-refractivity contribution in [1.29, 1.82) is 0 Å². The van der Waals surface area contributed by atoms with E-state index in [2.05, 4.69) is 27.4 Å². The van der Waals surface area contributed by atoms with E-state index in [-0.39, 0.29) is 18.1 Å². The molecular formula is C26H31N5O5. The summed E-state index contributed by atoms with van der Waals surface area (Å²) in [4.78, 5) is 31.8. The molecule has 0 bridgehead atoms. The molecule has 1 fully saturated rings. The van der Waals surface area contributed by atoms with Crippen LogP contribution in [0.15, 0.2) is 40.5 Å². The van der Waals surface area contributed by atoms with Crippen LogP contribution in [0, 0.1) is 0 Å². The second-order valence-electron chi connectivity index (χ2n) is 8.60. The minimum atomic E-state index is -0.361. The number of amides is 2. The Morgan fingerprint density at radius 3 is 2.94 bits per heavy atom. The maximum atomic E-state index is 13.2. The number of nitrogens with one attached hydrogen (secondary N) is 1. The van der Waals surface area contributed by atoms with Gasteiger partial charge in [-0.25, -0.2) is 9.78 Å². The van der Waals surface area contributed by atoms with Gasteiger partial charge in [-0.05, 0) is 48.2 Å². The second kappa shape index (κ2) is 12.3. The molecule has 1 aromatic carbocycles. The zero-order chi connectivity index (χ0) is 25.3. The summed E-state index contributed by atoms with van der Waals surface area (Å²) in [5, 5.41) is 10.8. The highest BCUT2D eigenvalue weighted by atomic mass is 16.6. The highest BCUT2D eigenvalue weighted by molar-refractivity contribution is 6.06. The molecule has 0 spiro atoms. The molecule has 10 nitrogen and oxygen atoms in total. The van der Waals surface area contributed by atoms with E-state index < -0.39 is 0 Å². The van der Waals surface area contributed by atoms with Crippen molar-refractivity contribution in [1.82, 2.24) is 9.88 Å². The number of anilines is 1. The molecule has 3 heterocycles. The Morgan fingerprint density at radius 1 is 1.28 bits per heavy atom. The van der Waals surface area contributed by atoms with Gasteiger partial charge < -0.3 is 24.4 Å². The monoisotopic (exact) mass is 493 g/mol. The molecule has 1 unspecified atom stereocenters. The number of nitrogens with zero attached hydrogens (tertiary/aromatic N) is 4. The Hall–Kier alpha value is -3.79. The maximum absolute atomic E-state index is 13.2. The minimum Gasteiger partial charge on any atom is -0.496 e. The third-order valence-corrected chi connectivity index (χ3v) is 5.96. The normalized spacial score (nSPS) is 17.4. The lowest BCUT2D eigenvalue weighted by atomic mass is 9.96. The molecular weight excluding hydrogens is 462 g/mol. The summed E-state index contributed by atoms with van der Waals surface area (Å²) >= 11 is 0. The average molecular weight is 494 g/mol. The molecule has 190 valence electrons. The van der Waals surface area contributed by atoms with Crippen molar-refractivity contribution in [3.05, 3.63) is 52.7 Å². The van der Waals surface area contributed by atoms with Gasteiger partial charge in [0.25, 0.3) is 5.91 Å². The minimum absolute atomic E-state index is 0.201. The lowest BCUT2D eigenvalue weighted by Gasteiger charge is -2.29. The number of unbranched alkanes of at least 4 members (excludes halogenated alkanes) is 1. The molecule has 2 aliphatic heterocycles. The highest BCUT2D eigenvalue weighted by Gasteiger charge is 2.28. The number of fused-ring (bicyclic) bond motifs is 1. The number of carbonyl (C=O) groups excluding carboxylic acids is 2. The highest BCUT2D eigenvalue weighted by Crippen LogP contribution is 2.29. The van der Waals surface area contributed by atoms with E-state index in [4.69, 9.17) is 14.2 Å². The van der Waals surface area contributed by atoms with E-state index in [1.54, 1.807) is 35.4 Å². The van der Waals surface area contributed by atoms with Crippen molar-refractivity contribution >= 4 is 30.2 Å². The van der Waals surface area contributed by atoms with E-state index >= 15 is 0 Å². The van der Waals surface area contributed by atoms with Gasteiger partial charge in [-0.1, -0.05) is 19.4 Å². The summed E-state index contributed by atoms with van der Waals surface area (Å²) in [5.41, 5.74) is 2.85. The number of hydrogen-bond donors (Lipinski definition) is 1. The predicted molar refractivity (Wildman–Crippen MR) is 136 cm³/mol. The van der Waals surface area contributed by atoms with Crippen molar-refractivity contribution in [2.75, 3.05) is 32.2 Å². The molecule has 2 aromatic rings. The molecule has 10 heteroatoms. The molecule has 0 aliphatic carbocycles. The third kappa shape index (κ3) is 6.45. The number of rotatable bonds is 8. The van der Waals surface area contributed by atoms with Gasteiger partial charge in [-0.15, -0.1) is 0 Å². The predicted octanol–water partition coefficient (Wildman–Crippen LogP) is 3.83. The van der Waals surface area contributed by atoms with Crippen LogP contribution in [0.1, 0.15) is 53.4 Å². The van der Waals surface area contributed by atoms with Gasteiger partial charge >= 0.3 is 6.09 Å². The molecule has 4 rings (SSSR count). The molecule has 1 aromatic heterocycles. The largest absolute Gasteiger partial charge is 0.496 e. The summed E-state index contributed by atoms with van der Waals surface area (Å²) in [6.07, 6.45) is 5.94. The quantitative estimate of drug-likeness (QED) is 0.442. The Labute approximate surface area is 210 Å². The molecule has 1 atom stereocenters. The first-order chi connectivity index (χ1) is 17.6. The van der Waals surface area contributed by atoms with E-state index in [1.807, 2.05) is 6.07 Å². The van der Waals surface area contributed by atoms with Crippen LogP contribution in [-0.4, -0.2) is 67.3 Å². The van der Waals surface area contributed by atoms with Crippen LogP contribution >= 0.6 is 0 Å². The van der Waals surface area contributed by atoms with Gasteiger partial charge in [-0.3, -0.25) is 4.79 Å². The topological polar surface area (TPSA) is 115 Å².